The van der Waals surface area contributed by atoms with Crippen molar-refractivity contribution in [3.63, 3.8) is 0 Å². The van der Waals surface area contributed by atoms with Gasteiger partial charge in [-0.3, -0.25) is 4.79 Å². The number of hydrogen-bond acceptors (Lipinski definition) is 3. The van der Waals surface area contributed by atoms with Crippen LogP contribution in [0.4, 0.5) is 0 Å². The highest BCUT2D eigenvalue weighted by atomic mass is 79.9. The van der Waals surface area contributed by atoms with Gasteiger partial charge in [-0.05, 0) is 43.9 Å². The van der Waals surface area contributed by atoms with E-state index >= 15 is 0 Å². The van der Waals surface area contributed by atoms with Gasteiger partial charge in [0.25, 0.3) is 5.91 Å². The minimum Gasteiger partial charge on any atom is -0.478 e. The van der Waals surface area contributed by atoms with Crippen LogP contribution in [-0.4, -0.2) is 36.2 Å². The summed E-state index contributed by atoms with van der Waals surface area (Å²) in [6, 6.07) is 4.50. The number of methoxy groups -OCH3 is 1. The average molecular weight is 356 g/mol. The highest BCUT2D eigenvalue weighted by molar-refractivity contribution is 9.10. The second-order valence-electron chi connectivity index (χ2n) is 5.36. The standard InChI is InChI=1S/C15H18BrNO4/c1-21-6-5-15(3-2-4-15)17-13(18)10-7-11(14(19)20)9-12(16)8-10/h7-9H,2-6H2,1H3,(H,17,18)(H,19,20). The normalized spacial score (nSPS) is 16.1. The van der Waals surface area contributed by atoms with Crippen LogP contribution in [-0.2, 0) is 4.74 Å². The van der Waals surface area contributed by atoms with Crippen LogP contribution in [0.2, 0.25) is 0 Å². The third kappa shape index (κ3) is 3.83. The fourth-order valence-corrected chi connectivity index (χ4v) is 2.99. The van der Waals surface area contributed by atoms with Crippen LogP contribution in [0.15, 0.2) is 22.7 Å². The van der Waals surface area contributed by atoms with Gasteiger partial charge in [0.05, 0.1) is 5.56 Å². The summed E-state index contributed by atoms with van der Waals surface area (Å²) in [6.45, 7) is 0.596. The predicted molar refractivity (Wildman–Crippen MR) is 81.6 cm³/mol. The molecule has 0 heterocycles. The predicted octanol–water partition coefficient (Wildman–Crippen LogP) is 2.84. The summed E-state index contributed by atoms with van der Waals surface area (Å²) >= 11 is 3.24. The molecule has 1 fully saturated rings. The molecule has 0 bridgehead atoms. The topological polar surface area (TPSA) is 75.6 Å². The van der Waals surface area contributed by atoms with Crippen LogP contribution in [0.1, 0.15) is 46.4 Å². The molecule has 6 heteroatoms. The summed E-state index contributed by atoms with van der Waals surface area (Å²) < 4.78 is 5.67. The number of aromatic carboxylic acids is 1. The molecule has 1 aromatic carbocycles. The lowest BCUT2D eigenvalue weighted by molar-refractivity contribution is 0.0696. The second-order valence-corrected chi connectivity index (χ2v) is 6.28. The van der Waals surface area contributed by atoms with Gasteiger partial charge in [-0.2, -0.15) is 0 Å². The minimum atomic E-state index is -1.05. The third-order valence-electron chi connectivity index (χ3n) is 3.88. The maximum Gasteiger partial charge on any atom is 0.335 e. The summed E-state index contributed by atoms with van der Waals surface area (Å²) in [5.41, 5.74) is 0.234. The van der Waals surface area contributed by atoms with Crippen molar-refractivity contribution >= 4 is 27.8 Å². The molecule has 1 aromatic rings. The molecule has 0 radical (unpaired) electrons. The number of ether oxygens (including phenoxy) is 1. The van der Waals surface area contributed by atoms with Crippen molar-refractivity contribution in [2.45, 2.75) is 31.2 Å². The van der Waals surface area contributed by atoms with Gasteiger partial charge in [-0.15, -0.1) is 0 Å². The highest BCUT2D eigenvalue weighted by Crippen LogP contribution is 2.35. The maximum atomic E-state index is 12.4. The van der Waals surface area contributed by atoms with Gasteiger partial charge < -0.3 is 15.2 Å². The molecule has 2 N–H and O–H groups in total. The molecule has 114 valence electrons. The van der Waals surface area contributed by atoms with Crippen LogP contribution < -0.4 is 5.32 Å². The molecule has 21 heavy (non-hydrogen) atoms. The third-order valence-corrected chi connectivity index (χ3v) is 4.34. The number of benzene rings is 1. The Balaban J connectivity index is 2.14. The summed E-state index contributed by atoms with van der Waals surface area (Å²) in [5, 5.41) is 12.1. The van der Waals surface area contributed by atoms with E-state index in [1.54, 1.807) is 13.2 Å². The van der Waals surface area contributed by atoms with E-state index < -0.39 is 5.97 Å². The molecule has 2 rings (SSSR count). The van der Waals surface area contributed by atoms with Gasteiger partial charge in [0, 0.05) is 29.3 Å². The molecule has 0 saturated heterocycles. The molecule has 1 aliphatic carbocycles. The van der Waals surface area contributed by atoms with E-state index in [1.165, 1.54) is 12.1 Å². The quantitative estimate of drug-likeness (QED) is 0.822. The van der Waals surface area contributed by atoms with Gasteiger partial charge in [0.2, 0.25) is 0 Å². The lowest BCUT2D eigenvalue weighted by atomic mass is 9.74. The Labute approximate surface area is 131 Å². The van der Waals surface area contributed by atoms with Crippen LogP contribution in [0.3, 0.4) is 0 Å². The Hall–Kier alpha value is -1.40. The molecular formula is C15H18BrNO4. The fourth-order valence-electron chi connectivity index (χ4n) is 2.50. The monoisotopic (exact) mass is 355 g/mol. The molecule has 0 aromatic heterocycles. The van der Waals surface area contributed by atoms with Crippen molar-refractivity contribution in [1.82, 2.24) is 5.32 Å². The van der Waals surface area contributed by atoms with Gasteiger partial charge in [-0.1, -0.05) is 15.9 Å². The zero-order valence-electron chi connectivity index (χ0n) is 11.8. The first-order valence-corrected chi connectivity index (χ1v) is 7.60. The summed E-state index contributed by atoms with van der Waals surface area (Å²) in [5.74, 6) is -1.29. The van der Waals surface area contributed by atoms with Crippen LogP contribution in [0.5, 0.6) is 0 Å². The summed E-state index contributed by atoms with van der Waals surface area (Å²) in [7, 11) is 1.64. The van der Waals surface area contributed by atoms with E-state index in [0.29, 0.717) is 16.6 Å². The number of rotatable bonds is 6. The molecule has 0 spiro atoms. The van der Waals surface area contributed by atoms with E-state index in [1.807, 2.05) is 0 Å². The van der Waals surface area contributed by atoms with Crippen molar-refractivity contribution in [2.75, 3.05) is 13.7 Å². The SMILES string of the molecule is COCCC1(NC(=O)c2cc(Br)cc(C(=O)O)c2)CCC1. The van der Waals surface area contributed by atoms with Crippen molar-refractivity contribution in [3.05, 3.63) is 33.8 Å². The number of carbonyl (C=O) groups excluding carboxylic acids is 1. The van der Waals surface area contributed by atoms with E-state index in [9.17, 15) is 9.59 Å². The van der Waals surface area contributed by atoms with Crippen LogP contribution >= 0.6 is 15.9 Å². The smallest absolute Gasteiger partial charge is 0.335 e. The number of carbonyl (C=O) groups is 2. The van der Waals surface area contributed by atoms with E-state index in [0.717, 1.165) is 25.7 Å². The molecule has 1 saturated carbocycles. The van der Waals surface area contributed by atoms with Crippen LogP contribution in [0, 0.1) is 0 Å². The Kier molecular flexibility index (Phi) is 5.00. The number of hydrogen-bond donors (Lipinski definition) is 2. The maximum absolute atomic E-state index is 12.4. The number of halogens is 1. The Morgan fingerprint density at radius 1 is 1.33 bits per heavy atom. The van der Waals surface area contributed by atoms with E-state index in [2.05, 4.69) is 21.2 Å². The molecule has 0 aliphatic heterocycles. The molecule has 1 aliphatic rings. The van der Waals surface area contributed by atoms with Crippen molar-refractivity contribution < 1.29 is 19.4 Å². The van der Waals surface area contributed by atoms with Gasteiger partial charge >= 0.3 is 5.97 Å². The molecule has 1 amide bonds. The molecule has 0 unspecified atom stereocenters. The summed E-state index contributed by atoms with van der Waals surface area (Å²) in [6.07, 6.45) is 3.72. The van der Waals surface area contributed by atoms with Crippen molar-refractivity contribution in [2.24, 2.45) is 0 Å². The van der Waals surface area contributed by atoms with E-state index in [-0.39, 0.29) is 17.0 Å². The number of amides is 1. The average Bonchev–Trinajstić information content (AvgIpc) is 2.40. The number of carboxylic acid groups (broad SMARTS) is 1. The van der Waals surface area contributed by atoms with Crippen LogP contribution in [0.25, 0.3) is 0 Å². The molecule has 5 nitrogen and oxygen atoms in total. The number of nitrogens with one attached hydrogen (secondary N) is 1. The van der Waals surface area contributed by atoms with Gasteiger partial charge in [0.1, 0.15) is 0 Å². The zero-order chi connectivity index (χ0) is 15.5. The van der Waals surface area contributed by atoms with Crippen molar-refractivity contribution in [3.8, 4) is 0 Å². The van der Waals surface area contributed by atoms with Gasteiger partial charge in [0.15, 0.2) is 0 Å². The lowest BCUT2D eigenvalue weighted by Crippen LogP contribution is -2.54. The Bertz CT molecular complexity index is 555. The summed E-state index contributed by atoms with van der Waals surface area (Å²) in [4.78, 5) is 23.4. The minimum absolute atomic E-state index is 0.0917. The lowest BCUT2D eigenvalue weighted by Gasteiger charge is -2.42. The first-order chi connectivity index (χ1) is 9.96. The van der Waals surface area contributed by atoms with E-state index in [4.69, 9.17) is 9.84 Å². The molecule has 0 atom stereocenters. The van der Waals surface area contributed by atoms with Gasteiger partial charge in [-0.25, -0.2) is 4.79 Å². The zero-order valence-corrected chi connectivity index (χ0v) is 13.4. The van der Waals surface area contributed by atoms with Crippen molar-refractivity contribution in [1.29, 1.82) is 0 Å². The first kappa shape index (κ1) is 16.0. The second kappa shape index (κ2) is 6.58. The fraction of sp³-hybridized carbons (Fsp3) is 0.467. The molecular weight excluding hydrogens is 338 g/mol. The Morgan fingerprint density at radius 2 is 2.00 bits per heavy atom. The largest absolute Gasteiger partial charge is 0.478 e. The highest BCUT2D eigenvalue weighted by Gasteiger charge is 2.38. The Morgan fingerprint density at radius 3 is 2.52 bits per heavy atom. The first-order valence-electron chi connectivity index (χ1n) is 6.81. The number of carboxylic acids is 1.